The molecule has 8 nitrogen and oxygen atoms in total. The molecule has 3 rings (SSSR count). The molecule has 148 valence electrons. The summed E-state index contributed by atoms with van der Waals surface area (Å²) in [5, 5.41) is 5.76. The summed E-state index contributed by atoms with van der Waals surface area (Å²) < 4.78 is 5.11. The monoisotopic (exact) mass is 419 g/mol. The van der Waals surface area contributed by atoms with Crippen LogP contribution in [0.15, 0.2) is 29.6 Å². The molecule has 0 aliphatic carbocycles. The summed E-state index contributed by atoms with van der Waals surface area (Å²) in [7, 11) is 1.62. The molecule has 2 aromatic rings. The van der Waals surface area contributed by atoms with Gasteiger partial charge < -0.3 is 10.1 Å². The van der Waals surface area contributed by atoms with Gasteiger partial charge in [0, 0.05) is 24.9 Å². The number of nitrogens with one attached hydrogen (secondary N) is 3. The van der Waals surface area contributed by atoms with Crippen molar-refractivity contribution in [2.75, 3.05) is 18.6 Å². The second kappa shape index (κ2) is 9.47. The molecule has 0 saturated carbocycles. The number of anilines is 1. The first-order valence-electron chi connectivity index (χ1n) is 8.75. The number of carbonyl (C=O) groups is 2. The first-order valence-corrected chi connectivity index (χ1v) is 10.0. The van der Waals surface area contributed by atoms with Crippen LogP contribution in [0.3, 0.4) is 0 Å². The average molecular weight is 420 g/mol. The van der Waals surface area contributed by atoms with E-state index in [-0.39, 0.29) is 18.2 Å². The van der Waals surface area contributed by atoms with Gasteiger partial charge in [-0.1, -0.05) is 12.1 Å². The van der Waals surface area contributed by atoms with Gasteiger partial charge in [0.2, 0.25) is 11.8 Å². The maximum atomic E-state index is 12.1. The molecule has 28 heavy (non-hydrogen) atoms. The van der Waals surface area contributed by atoms with E-state index in [1.165, 1.54) is 11.3 Å². The number of benzene rings is 1. The summed E-state index contributed by atoms with van der Waals surface area (Å²) >= 11 is 6.53. The van der Waals surface area contributed by atoms with Gasteiger partial charge in [-0.2, -0.15) is 0 Å². The molecule has 10 heteroatoms. The van der Waals surface area contributed by atoms with Gasteiger partial charge in [0.25, 0.3) is 0 Å². The van der Waals surface area contributed by atoms with E-state index in [1.807, 2.05) is 24.3 Å². The Balaban J connectivity index is 1.39. The number of hydrogen-bond donors (Lipinski definition) is 3. The Morgan fingerprint density at radius 2 is 2.11 bits per heavy atom. The molecule has 1 aliphatic rings. The van der Waals surface area contributed by atoms with Gasteiger partial charge in [-0.25, -0.2) is 4.98 Å². The molecule has 1 aliphatic heterocycles. The quantitative estimate of drug-likeness (QED) is 0.483. The van der Waals surface area contributed by atoms with E-state index in [4.69, 9.17) is 17.0 Å². The van der Waals surface area contributed by atoms with E-state index in [2.05, 4.69) is 21.2 Å². The first-order chi connectivity index (χ1) is 13.5. The van der Waals surface area contributed by atoms with Gasteiger partial charge in [-0.15, -0.1) is 11.3 Å². The van der Waals surface area contributed by atoms with Crippen LogP contribution in [0.25, 0.3) is 0 Å². The zero-order valence-electron chi connectivity index (χ0n) is 15.4. The summed E-state index contributed by atoms with van der Waals surface area (Å²) in [4.78, 5) is 29.9. The Kier molecular flexibility index (Phi) is 6.77. The van der Waals surface area contributed by atoms with Gasteiger partial charge in [0.05, 0.1) is 19.2 Å². The SMILES string of the molecule is COc1ccc(CNC(=S)NNC(=O)Cc2csc(N3CCCC3=O)n2)cc1. The molecule has 0 spiro atoms. The highest BCUT2D eigenvalue weighted by Crippen LogP contribution is 2.25. The number of thiocarbonyl (C=S) groups is 1. The van der Waals surface area contributed by atoms with Crippen molar-refractivity contribution in [1.82, 2.24) is 21.2 Å². The number of methoxy groups -OCH3 is 1. The van der Waals surface area contributed by atoms with Crippen LogP contribution < -0.4 is 25.8 Å². The number of hydrogen-bond acceptors (Lipinski definition) is 6. The Labute approximate surface area is 172 Å². The van der Waals surface area contributed by atoms with Crippen LogP contribution in [0.1, 0.15) is 24.1 Å². The number of hydrazine groups is 1. The largest absolute Gasteiger partial charge is 0.497 e. The summed E-state index contributed by atoms with van der Waals surface area (Å²) in [5.41, 5.74) is 6.87. The molecule has 3 N–H and O–H groups in total. The standard InChI is InChI=1S/C18H21N5O3S2/c1-26-14-6-4-12(5-7-14)10-19-17(27)22-21-15(24)9-13-11-28-18(20-13)23-8-2-3-16(23)25/h4-7,11H,2-3,8-10H2,1H3,(H,21,24)(H2,19,22,27). The van der Waals surface area contributed by atoms with Crippen LogP contribution in [0, 0.1) is 0 Å². The lowest BCUT2D eigenvalue weighted by atomic mass is 10.2. The fourth-order valence-corrected chi connectivity index (χ4v) is 3.65. The number of carbonyl (C=O) groups excluding carboxylic acids is 2. The average Bonchev–Trinajstić information content (AvgIpc) is 3.33. The highest BCUT2D eigenvalue weighted by molar-refractivity contribution is 7.80. The molecule has 2 amide bonds. The first kappa shape index (κ1) is 20.0. The van der Waals surface area contributed by atoms with Crippen LogP contribution in [0.4, 0.5) is 5.13 Å². The minimum absolute atomic E-state index is 0.0836. The van der Waals surface area contributed by atoms with Crippen molar-refractivity contribution in [3.63, 3.8) is 0 Å². The lowest BCUT2D eigenvalue weighted by molar-refractivity contribution is -0.121. The van der Waals surface area contributed by atoms with Gasteiger partial charge in [0.15, 0.2) is 10.2 Å². The third kappa shape index (κ3) is 5.40. The van der Waals surface area contributed by atoms with Crippen LogP contribution in [0.5, 0.6) is 5.75 Å². The minimum atomic E-state index is -0.266. The molecular weight excluding hydrogens is 398 g/mol. The Hall–Kier alpha value is -2.72. The minimum Gasteiger partial charge on any atom is -0.497 e. The molecule has 1 aromatic heterocycles. The number of thiazole rings is 1. The Bertz CT molecular complexity index is 853. The molecule has 1 fully saturated rings. The third-order valence-electron chi connectivity index (χ3n) is 4.11. The smallest absolute Gasteiger partial charge is 0.244 e. The molecule has 2 heterocycles. The van der Waals surface area contributed by atoms with Crippen molar-refractivity contribution in [2.24, 2.45) is 0 Å². The van der Waals surface area contributed by atoms with Crippen molar-refractivity contribution < 1.29 is 14.3 Å². The third-order valence-corrected chi connectivity index (χ3v) is 5.27. The highest BCUT2D eigenvalue weighted by Gasteiger charge is 2.24. The molecule has 0 bridgehead atoms. The Morgan fingerprint density at radius 1 is 1.32 bits per heavy atom. The summed E-state index contributed by atoms with van der Waals surface area (Å²) in [6.07, 6.45) is 1.51. The number of aromatic nitrogens is 1. The molecule has 0 atom stereocenters. The summed E-state index contributed by atoms with van der Waals surface area (Å²) in [5.74, 6) is 0.606. The second-order valence-corrected chi connectivity index (χ2v) is 7.40. The predicted octanol–water partition coefficient (Wildman–Crippen LogP) is 1.52. The van der Waals surface area contributed by atoms with Crippen molar-refractivity contribution in [1.29, 1.82) is 0 Å². The number of ether oxygens (including phenoxy) is 1. The molecule has 0 radical (unpaired) electrons. The van der Waals surface area contributed by atoms with Crippen molar-refractivity contribution in [3.05, 3.63) is 40.9 Å². The van der Waals surface area contributed by atoms with Gasteiger partial charge in [-0.3, -0.25) is 25.3 Å². The van der Waals surface area contributed by atoms with Gasteiger partial charge >= 0.3 is 0 Å². The van der Waals surface area contributed by atoms with Crippen LogP contribution in [0.2, 0.25) is 0 Å². The predicted molar refractivity (Wildman–Crippen MR) is 111 cm³/mol. The summed E-state index contributed by atoms with van der Waals surface area (Å²) in [6.45, 7) is 1.21. The maximum Gasteiger partial charge on any atom is 0.244 e. The molecule has 0 unspecified atom stereocenters. The van der Waals surface area contributed by atoms with Crippen LogP contribution in [-0.4, -0.2) is 35.6 Å². The fourth-order valence-electron chi connectivity index (χ4n) is 2.66. The lowest BCUT2D eigenvalue weighted by Crippen LogP contribution is -2.47. The molecule has 1 aromatic carbocycles. The van der Waals surface area contributed by atoms with E-state index < -0.39 is 0 Å². The second-order valence-electron chi connectivity index (χ2n) is 6.15. The maximum absolute atomic E-state index is 12.1. The number of amides is 2. The van der Waals surface area contributed by atoms with Crippen molar-refractivity contribution in [2.45, 2.75) is 25.8 Å². The van der Waals surface area contributed by atoms with E-state index in [0.29, 0.717) is 35.4 Å². The topological polar surface area (TPSA) is 95.6 Å². The zero-order valence-corrected chi connectivity index (χ0v) is 17.0. The van der Waals surface area contributed by atoms with Crippen LogP contribution >= 0.6 is 23.6 Å². The zero-order chi connectivity index (χ0) is 19.9. The van der Waals surface area contributed by atoms with E-state index >= 15 is 0 Å². The lowest BCUT2D eigenvalue weighted by Gasteiger charge is -2.12. The van der Waals surface area contributed by atoms with E-state index in [1.54, 1.807) is 17.4 Å². The van der Waals surface area contributed by atoms with E-state index in [9.17, 15) is 9.59 Å². The Morgan fingerprint density at radius 3 is 2.79 bits per heavy atom. The van der Waals surface area contributed by atoms with E-state index in [0.717, 1.165) is 17.7 Å². The summed E-state index contributed by atoms with van der Waals surface area (Å²) in [6, 6.07) is 7.59. The molecular formula is C18H21N5O3S2. The molecule has 1 saturated heterocycles. The number of nitrogens with zero attached hydrogens (tertiary/aromatic N) is 2. The van der Waals surface area contributed by atoms with Gasteiger partial charge in [0.1, 0.15) is 5.75 Å². The van der Waals surface area contributed by atoms with Crippen LogP contribution in [-0.2, 0) is 22.6 Å². The van der Waals surface area contributed by atoms with Gasteiger partial charge in [-0.05, 0) is 36.3 Å². The number of rotatable bonds is 6. The van der Waals surface area contributed by atoms with Crippen molar-refractivity contribution >= 4 is 45.6 Å². The fraction of sp³-hybridized carbons (Fsp3) is 0.333. The van der Waals surface area contributed by atoms with Crippen molar-refractivity contribution in [3.8, 4) is 5.75 Å². The highest BCUT2D eigenvalue weighted by atomic mass is 32.1. The normalized spacial score (nSPS) is 13.3.